The number of hydrogen-bond donors (Lipinski definition) is 1. The summed E-state index contributed by atoms with van der Waals surface area (Å²) >= 11 is 7.91. The largest absolute Gasteiger partial charge is 0.349 e. The molecule has 2 rings (SSSR count). The van der Waals surface area contributed by atoms with Crippen molar-refractivity contribution in [3.63, 3.8) is 0 Å². The van der Waals surface area contributed by atoms with E-state index < -0.39 is 0 Å². The zero-order valence-electron chi connectivity index (χ0n) is 6.47. The van der Waals surface area contributed by atoms with Crippen LogP contribution >= 0.6 is 34.2 Å². The summed E-state index contributed by atoms with van der Waals surface area (Å²) in [5.74, 6) is 0. The van der Waals surface area contributed by atoms with Crippen molar-refractivity contribution in [1.82, 2.24) is 4.98 Å². The van der Waals surface area contributed by atoms with E-state index in [0.717, 1.165) is 20.9 Å². The molecule has 0 aliphatic carbocycles. The summed E-state index contributed by atoms with van der Waals surface area (Å²) in [4.78, 5) is 13.8. The van der Waals surface area contributed by atoms with Gasteiger partial charge < -0.3 is 4.98 Å². The first-order valence-electron chi connectivity index (χ1n) is 3.64. The lowest BCUT2D eigenvalue weighted by Crippen LogP contribution is -1.78. The summed E-state index contributed by atoms with van der Waals surface area (Å²) in [6, 6.07) is 5.44. The maximum absolute atomic E-state index is 10.7. The molecule has 1 aromatic heterocycles. The third-order valence-electron chi connectivity index (χ3n) is 1.87. The average molecular weight is 306 g/mol. The van der Waals surface area contributed by atoms with Crippen molar-refractivity contribution >= 4 is 51.4 Å². The highest BCUT2D eigenvalue weighted by molar-refractivity contribution is 14.1. The highest BCUT2D eigenvalue weighted by Gasteiger charge is 2.07. The molecule has 2 nitrogen and oxygen atoms in total. The van der Waals surface area contributed by atoms with E-state index in [0.29, 0.717) is 10.6 Å². The highest BCUT2D eigenvalue weighted by Crippen LogP contribution is 2.24. The van der Waals surface area contributed by atoms with E-state index in [-0.39, 0.29) is 0 Å². The van der Waals surface area contributed by atoms with Gasteiger partial charge in [0.05, 0.1) is 9.26 Å². The van der Waals surface area contributed by atoms with Crippen molar-refractivity contribution in [1.29, 1.82) is 0 Å². The minimum Gasteiger partial charge on any atom is -0.349 e. The van der Waals surface area contributed by atoms with E-state index in [9.17, 15) is 4.79 Å². The lowest BCUT2D eigenvalue weighted by atomic mass is 10.2. The number of benzene rings is 1. The van der Waals surface area contributed by atoms with Crippen LogP contribution < -0.4 is 0 Å². The number of aromatic nitrogens is 1. The average Bonchev–Trinajstić information content (AvgIpc) is 2.39. The summed E-state index contributed by atoms with van der Waals surface area (Å²) in [6.07, 6.45) is 0.856. The van der Waals surface area contributed by atoms with Gasteiger partial charge in [-0.25, -0.2) is 0 Å². The van der Waals surface area contributed by atoms with Crippen molar-refractivity contribution in [3.8, 4) is 0 Å². The predicted octanol–water partition coefficient (Wildman–Crippen LogP) is 3.24. The Morgan fingerprint density at radius 3 is 2.92 bits per heavy atom. The van der Waals surface area contributed by atoms with Gasteiger partial charge in [-0.1, -0.05) is 17.7 Å². The van der Waals surface area contributed by atoms with E-state index in [1.807, 2.05) is 12.1 Å². The number of rotatable bonds is 1. The van der Waals surface area contributed by atoms with E-state index in [1.165, 1.54) is 0 Å². The fourth-order valence-electron chi connectivity index (χ4n) is 1.27. The molecular formula is C9H5ClINO. The molecule has 0 atom stereocenters. The molecule has 0 fully saturated rings. The van der Waals surface area contributed by atoms with Crippen molar-refractivity contribution in [3.05, 3.63) is 32.5 Å². The molecule has 0 saturated carbocycles. The number of aromatic amines is 1. The molecule has 4 heteroatoms. The minimum atomic E-state index is 0.669. The molecule has 0 bridgehead atoms. The van der Waals surface area contributed by atoms with Crippen molar-refractivity contribution in [2.45, 2.75) is 0 Å². The molecule has 0 spiro atoms. The number of aldehydes is 1. The second kappa shape index (κ2) is 3.31. The molecule has 1 N–H and O–H groups in total. The first-order valence-corrected chi connectivity index (χ1v) is 5.10. The Kier molecular flexibility index (Phi) is 2.29. The third kappa shape index (κ3) is 1.46. The number of H-pyrrole nitrogens is 1. The molecule has 0 aliphatic heterocycles. The maximum Gasteiger partial charge on any atom is 0.153 e. The number of halogens is 2. The zero-order chi connectivity index (χ0) is 9.42. The lowest BCUT2D eigenvalue weighted by molar-refractivity contribution is 0.112. The van der Waals surface area contributed by atoms with Gasteiger partial charge in [-0.3, -0.25) is 4.79 Å². The summed E-state index contributed by atoms with van der Waals surface area (Å²) in [7, 11) is 0. The number of carbonyl (C=O) groups is 1. The summed E-state index contributed by atoms with van der Waals surface area (Å²) in [5.41, 5.74) is 1.60. The van der Waals surface area contributed by atoms with Crippen LogP contribution in [0.4, 0.5) is 0 Å². The van der Waals surface area contributed by atoms with E-state index in [1.54, 1.807) is 6.07 Å². The van der Waals surface area contributed by atoms with Gasteiger partial charge in [-0.2, -0.15) is 0 Å². The van der Waals surface area contributed by atoms with Crippen LogP contribution in [0.1, 0.15) is 10.4 Å². The van der Waals surface area contributed by atoms with Crippen LogP contribution in [0.15, 0.2) is 18.2 Å². The third-order valence-corrected chi connectivity index (χ3v) is 2.96. The van der Waals surface area contributed by atoms with Crippen LogP contribution in [0.2, 0.25) is 5.02 Å². The number of nitrogens with one attached hydrogen (secondary N) is 1. The van der Waals surface area contributed by atoms with Crippen molar-refractivity contribution in [2.75, 3.05) is 0 Å². The minimum absolute atomic E-state index is 0.669. The fraction of sp³-hybridized carbons (Fsp3) is 0. The SMILES string of the molecule is O=Cc1c(I)[nH]c2cc(Cl)ccc12. The molecule has 66 valence electrons. The maximum atomic E-state index is 10.7. The van der Waals surface area contributed by atoms with E-state index in [2.05, 4.69) is 27.6 Å². The van der Waals surface area contributed by atoms with Crippen LogP contribution in [0, 0.1) is 3.70 Å². The predicted molar refractivity (Wildman–Crippen MR) is 61.4 cm³/mol. The first-order chi connectivity index (χ1) is 6.22. The quantitative estimate of drug-likeness (QED) is 0.637. The summed E-state index contributed by atoms with van der Waals surface area (Å²) in [5, 5.41) is 1.59. The molecule has 0 amide bonds. The van der Waals surface area contributed by atoms with Gasteiger partial charge in [0.15, 0.2) is 6.29 Å². The van der Waals surface area contributed by atoms with Crippen LogP contribution in [0.25, 0.3) is 10.9 Å². The normalized spacial score (nSPS) is 10.6. The van der Waals surface area contributed by atoms with Crippen LogP contribution in [0.5, 0.6) is 0 Å². The topological polar surface area (TPSA) is 32.9 Å². The number of hydrogen-bond acceptors (Lipinski definition) is 1. The van der Waals surface area contributed by atoms with Gasteiger partial charge in [0, 0.05) is 15.9 Å². The first kappa shape index (κ1) is 9.02. The number of carbonyl (C=O) groups excluding carboxylic acids is 1. The summed E-state index contributed by atoms with van der Waals surface area (Å²) < 4.78 is 0.852. The molecule has 0 aliphatic rings. The second-order valence-corrected chi connectivity index (χ2v) is 4.18. The Morgan fingerprint density at radius 1 is 1.46 bits per heavy atom. The number of fused-ring (bicyclic) bond motifs is 1. The zero-order valence-corrected chi connectivity index (χ0v) is 9.39. The Morgan fingerprint density at radius 2 is 2.23 bits per heavy atom. The van der Waals surface area contributed by atoms with Crippen LogP contribution in [0.3, 0.4) is 0 Å². The standard InChI is InChI=1S/C9H5ClINO/c10-5-1-2-6-7(4-13)9(11)12-8(6)3-5/h1-4,12H. The molecule has 1 aromatic carbocycles. The highest BCUT2D eigenvalue weighted by atomic mass is 127. The van der Waals surface area contributed by atoms with Crippen molar-refractivity contribution in [2.24, 2.45) is 0 Å². The Bertz CT molecular complexity index is 478. The van der Waals surface area contributed by atoms with Crippen molar-refractivity contribution < 1.29 is 4.79 Å². The van der Waals surface area contributed by atoms with Crippen LogP contribution in [-0.2, 0) is 0 Å². The van der Waals surface area contributed by atoms with Gasteiger partial charge >= 0.3 is 0 Å². The van der Waals surface area contributed by atoms with Gasteiger partial charge in [0.1, 0.15) is 0 Å². The molecule has 2 aromatic rings. The Balaban J connectivity index is 2.86. The Hall–Kier alpha value is -0.550. The second-order valence-electron chi connectivity index (χ2n) is 2.66. The lowest BCUT2D eigenvalue weighted by Gasteiger charge is -1.90. The molecule has 1 heterocycles. The smallest absolute Gasteiger partial charge is 0.153 e. The summed E-state index contributed by atoms with van der Waals surface area (Å²) in [6.45, 7) is 0. The van der Waals surface area contributed by atoms with Crippen LogP contribution in [-0.4, -0.2) is 11.3 Å². The molecule has 0 saturated heterocycles. The monoisotopic (exact) mass is 305 g/mol. The molecule has 13 heavy (non-hydrogen) atoms. The molecule has 0 radical (unpaired) electrons. The van der Waals surface area contributed by atoms with E-state index >= 15 is 0 Å². The molecule has 0 unspecified atom stereocenters. The Labute approximate surface area is 93.4 Å². The molecular weight excluding hydrogens is 300 g/mol. The van der Waals surface area contributed by atoms with Gasteiger partial charge in [-0.05, 0) is 34.7 Å². The fourth-order valence-corrected chi connectivity index (χ4v) is 2.15. The van der Waals surface area contributed by atoms with Gasteiger partial charge in [0.25, 0.3) is 0 Å². The van der Waals surface area contributed by atoms with E-state index in [4.69, 9.17) is 11.6 Å². The van der Waals surface area contributed by atoms with Gasteiger partial charge in [0.2, 0.25) is 0 Å². The van der Waals surface area contributed by atoms with Gasteiger partial charge in [-0.15, -0.1) is 0 Å².